The number of ether oxygens (including phenoxy) is 2. The summed E-state index contributed by atoms with van der Waals surface area (Å²) in [5.74, 6) is 1.50. The Labute approximate surface area is 175 Å². The maximum atomic E-state index is 9.66. The third-order valence-corrected chi connectivity index (χ3v) is 5.55. The van der Waals surface area contributed by atoms with Crippen molar-refractivity contribution in [2.24, 2.45) is 0 Å². The van der Waals surface area contributed by atoms with Gasteiger partial charge in [0.2, 0.25) is 0 Å². The Morgan fingerprint density at radius 1 is 1.17 bits per heavy atom. The van der Waals surface area contributed by atoms with Gasteiger partial charge in [0.25, 0.3) is 0 Å². The van der Waals surface area contributed by atoms with Crippen LogP contribution in [-0.4, -0.2) is 71.6 Å². The molecule has 1 aliphatic heterocycles. The number of nitrogens with zero attached hydrogens (tertiary/aromatic N) is 2. The number of H-pyrrole nitrogens is 1. The number of hydrogen-bond donors (Lipinski definition) is 3. The van der Waals surface area contributed by atoms with Crippen LogP contribution in [0.25, 0.3) is 27.7 Å². The normalized spacial score (nSPS) is 15.8. The Hall–Kier alpha value is -2.87. The summed E-state index contributed by atoms with van der Waals surface area (Å²) in [4.78, 5) is 10.1. The molecule has 30 heavy (non-hydrogen) atoms. The number of hydrogen-bond acceptors (Lipinski definition) is 6. The van der Waals surface area contributed by atoms with Crippen molar-refractivity contribution in [3.8, 4) is 22.6 Å². The van der Waals surface area contributed by atoms with E-state index < -0.39 is 6.10 Å². The molecule has 1 aromatic carbocycles. The van der Waals surface area contributed by atoms with Gasteiger partial charge >= 0.3 is 0 Å². The Bertz CT molecular complexity index is 1060. The largest absolute Gasteiger partial charge is 0.497 e. The second-order valence-electron chi connectivity index (χ2n) is 7.45. The van der Waals surface area contributed by atoms with Crippen molar-refractivity contribution < 1.29 is 19.7 Å². The molecule has 3 N–H and O–H groups in total. The summed E-state index contributed by atoms with van der Waals surface area (Å²) in [5.41, 5.74) is 5.15. The molecular formula is C23H27N3O4. The molecule has 0 spiro atoms. The molecule has 4 rings (SSSR count). The van der Waals surface area contributed by atoms with E-state index in [0.29, 0.717) is 6.54 Å². The van der Waals surface area contributed by atoms with Crippen molar-refractivity contribution in [3.05, 3.63) is 48.3 Å². The van der Waals surface area contributed by atoms with E-state index in [9.17, 15) is 5.11 Å². The number of β-amino-alcohol motifs (C(OH)–C–C–N with tert-alkyl or cyclic N) is 1. The molecule has 1 unspecified atom stereocenters. The van der Waals surface area contributed by atoms with E-state index in [1.165, 1.54) is 5.57 Å². The minimum Gasteiger partial charge on any atom is -0.497 e. The number of aromatic amines is 1. The SMILES string of the molecule is COc1ccc(-c2ccnc3[nH]c(C4=CCN(CC(O)CO)CC4)cc23)c(OC)c1. The highest BCUT2D eigenvalue weighted by molar-refractivity contribution is 5.96. The number of fused-ring (bicyclic) bond motifs is 1. The topological polar surface area (TPSA) is 90.8 Å². The number of rotatable bonds is 7. The van der Waals surface area contributed by atoms with Gasteiger partial charge in [-0.25, -0.2) is 4.98 Å². The van der Waals surface area contributed by atoms with Crippen LogP contribution in [0.5, 0.6) is 11.5 Å². The third kappa shape index (κ3) is 4.05. The molecular weight excluding hydrogens is 382 g/mol. The van der Waals surface area contributed by atoms with Gasteiger partial charge in [0.15, 0.2) is 0 Å². The molecule has 0 bridgehead atoms. The first-order valence-corrected chi connectivity index (χ1v) is 10.0. The van der Waals surface area contributed by atoms with Crippen LogP contribution in [-0.2, 0) is 0 Å². The van der Waals surface area contributed by atoms with E-state index >= 15 is 0 Å². The quantitative estimate of drug-likeness (QED) is 0.556. The van der Waals surface area contributed by atoms with Crippen LogP contribution >= 0.6 is 0 Å². The number of benzene rings is 1. The zero-order valence-electron chi connectivity index (χ0n) is 17.3. The number of aromatic nitrogens is 2. The lowest BCUT2D eigenvalue weighted by Gasteiger charge is -2.27. The lowest BCUT2D eigenvalue weighted by molar-refractivity contribution is 0.0623. The molecule has 1 atom stereocenters. The number of methoxy groups -OCH3 is 2. The van der Waals surface area contributed by atoms with Crippen LogP contribution in [0.1, 0.15) is 12.1 Å². The predicted octanol–water partition coefficient (Wildman–Crippen LogP) is 2.69. The minimum atomic E-state index is -0.695. The average Bonchev–Trinajstić information content (AvgIpc) is 3.23. The summed E-state index contributed by atoms with van der Waals surface area (Å²) in [7, 11) is 3.30. The van der Waals surface area contributed by atoms with Gasteiger partial charge in [0.1, 0.15) is 17.1 Å². The van der Waals surface area contributed by atoms with Gasteiger partial charge in [0, 0.05) is 48.5 Å². The standard InChI is InChI=1S/C23H27N3O4/c1-29-17-3-4-19(22(11-17)30-2)18-5-8-24-23-20(18)12-21(25-23)15-6-9-26(10-7-15)13-16(28)14-27/h3-6,8,11-12,16,27-28H,7,9-10,13-14H2,1-2H3,(H,24,25). The zero-order valence-corrected chi connectivity index (χ0v) is 17.3. The van der Waals surface area contributed by atoms with Gasteiger partial charge in [-0.3, -0.25) is 4.90 Å². The first-order chi connectivity index (χ1) is 14.6. The van der Waals surface area contributed by atoms with Crippen LogP contribution < -0.4 is 9.47 Å². The minimum absolute atomic E-state index is 0.210. The van der Waals surface area contributed by atoms with Crippen LogP contribution in [0.3, 0.4) is 0 Å². The van der Waals surface area contributed by atoms with E-state index in [1.807, 2.05) is 24.3 Å². The highest BCUT2D eigenvalue weighted by atomic mass is 16.5. The molecule has 0 radical (unpaired) electrons. The molecule has 158 valence electrons. The van der Waals surface area contributed by atoms with E-state index in [-0.39, 0.29) is 6.61 Å². The van der Waals surface area contributed by atoms with Crippen LogP contribution in [0, 0.1) is 0 Å². The lowest BCUT2D eigenvalue weighted by atomic mass is 10.0. The predicted molar refractivity (Wildman–Crippen MR) is 117 cm³/mol. The number of pyridine rings is 1. The van der Waals surface area contributed by atoms with Crippen LogP contribution in [0.15, 0.2) is 42.6 Å². The third-order valence-electron chi connectivity index (χ3n) is 5.55. The lowest BCUT2D eigenvalue weighted by Crippen LogP contribution is -2.37. The molecule has 1 aliphatic rings. The molecule has 3 aromatic rings. The van der Waals surface area contributed by atoms with E-state index in [4.69, 9.17) is 14.6 Å². The summed E-state index contributed by atoms with van der Waals surface area (Å²) in [6.07, 6.45) is 4.15. The van der Waals surface area contributed by atoms with Gasteiger partial charge in [-0.05, 0) is 41.8 Å². The summed E-state index contributed by atoms with van der Waals surface area (Å²) >= 11 is 0. The molecule has 0 fully saturated rings. The average molecular weight is 409 g/mol. The molecule has 2 aromatic heterocycles. The number of aliphatic hydroxyl groups excluding tert-OH is 2. The molecule has 3 heterocycles. The first-order valence-electron chi connectivity index (χ1n) is 10.0. The van der Waals surface area contributed by atoms with Crippen molar-refractivity contribution in [3.63, 3.8) is 0 Å². The second kappa shape index (κ2) is 8.87. The number of nitrogens with one attached hydrogen (secondary N) is 1. The van der Waals surface area contributed by atoms with Crippen molar-refractivity contribution in [2.75, 3.05) is 40.5 Å². The molecule has 7 nitrogen and oxygen atoms in total. The summed E-state index contributed by atoms with van der Waals surface area (Å²) in [6, 6.07) is 9.96. The Morgan fingerprint density at radius 2 is 2.03 bits per heavy atom. The van der Waals surface area contributed by atoms with Gasteiger partial charge in [0.05, 0.1) is 26.9 Å². The molecule has 0 amide bonds. The summed E-state index contributed by atoms with van der Waals surface area (Å²) in [6.45, 7) is 1.85. The highest BCUT2D eigenvalue weighted by Crippen LogP contribution is 2.37. The fraction of sp³-hybridized carbons (Fsp3) is 0.348. The van der Waals surface area contributed by atoms with Gasteiger partial charge in [-0.2, -0.15) is 0 Å². The Morgan fingerprint density at radius 3 is 2.73 bits per heavy atom. The molecule has 7 heteroatoms. The Kier molecular flexibility index (Phi) is 6.03. The molecule has 0 saturated carbocycles. The van der Waals surface area contributed by atoms with Gasteiger partial charge in [-0.1, -0.05) is 6.08 Å². The highest BCUT2D eigenvalue weighted by Gasteiger charge is 2.18. The zero-order chi connectivity index (χ0) is 21.1. The second-order valence-corrected chi connectivity index (χ2v) is 7.45. The van der Waals surface area contributed by atoms with Crippen molar-refractivity contribution in [1.29, 1.82) is 0 Å². The fourth-order valence-electron chi connectivity index (χ4n) is 3.93. The van der Waals surface area contributed by atoms with Gasteiger partial charge < -0.3 is 24.7 Å². The monoisotopic (exact) mass is 409 g/mol. The maximum Gasteiger partial charge on any atom is 0.138 e. The first kappa shape index (κ1) is 20.4. The smallest absolute Gasteiger partial charge is 0.138 e. The maximum absolute atomic E-state index is 9.66. The van der Waals surface area contributed by atoms with Gasteiger partial charge in [-0.15, -0.1) is 0 Å². The van der Waals surface area contributed by atoms with Crippen molar-refractivity contribution in [2.45, 2.75) is 12.5 Å². The molecule has 0 aliphatic carbocycles. The van der Waals surface area contributed by atoms with Crippen LogP contribution in [0.4, 0.5) is 0 Å². The van der Waals surface area contributed by atoms with Crippen LogP contribution in [0.2, 0.25) is 0 Å². The van der Waals surface area contributed by atoms with E-state index in [2.05, 4.69) is 27.0 Å². The summed E-state index contributed by atoms with van der Waals surface area (Å²) < 4.78 is 10.9. The number of aliphatic hydroxyl groups is 2. The van der Waals surface area contributed by atoms with E-state index in [1.54, 1.807) is 20.4 Å². The molecule has 0 saturated heterocycles. The van der Waals surface area contributed by atoms with Crippen molar-refractivity contribution in [1.82, 2.24) is 14.9 Å². The fourth-order valence-corrected chi connectivity index (χ4v) is 3.93. The Balaban J connectivity index is 1.65. The van der Waals surface area contributed by atoms with Crippen molar-refractivity contribution >= 4 is 16.6 Å². The van der Waals surface area contributed by atoms with E-state index in [0.717, 1.165) is 58.9 Å². The summed E-state index contributed by atoms with van der Waals surface area (Å²) in [5, 5.41) is 19.7.